The van der Waals surface area contributed by atoms with Crippen LogP contribution in [0.25, 0.3) is 0 Å². The van der Waals surface area contributed by atoms with Crippen molar-refractivity contribution in [3.63, 3.8) is 0 Å². The molecule has 0 aromatic carbocycles. The maximum atomic E-state index is 8.51. The van der Waals surface area contributed by atoms with Gasteiger partial charge >= 0.3 is 0 Å². The minimum absolute atomic E-state index is 0.0580. The molecule has 0 unspecified atom stereocenters. The number of aliphatic hydroxyl groups excluding tert-OH is 2. The van der Waals surface area contributed by atoms with E-state index in [1.807, 2.05) is 0 Å². The molecule has 0 fully saturated rings. The highest BCUT2D eigenvalue weighted by Gasteiger charge is 1.94. The van der Waals surface area contributed by atoms with E-state index < -0.39 is 0 Å². The van der Waals surface area contributed by atoms with E-state index >= 15 is 0 Å². The average Bonchev–Trinajstić information content (AvgIpc) is 2.57. The summed E-state index contributed by atoms with van der Waals surface area (Å²) in [7, 11) is 0. The first-order valence-corrected chi connectivity index (χ1v) is 8.52. The van der Waals surface area contributed by atoms with Crippen LogP contribution in [0.15, 0.2) is 0 Å². The largest absolute Gasteiger partial charge is 0.394 e. The topological polar surface area (TPSA) is 86.6 Å². The van der Waals surface area contributed by atoms with Crippen LogP contribution >= 0.6 is 0 Å². The number of unbranched alkanes of at least 4 members (excludes halogenated alkanes) is 2. The number of ether oxygens (including phenoxy) is 5. The van der Waals surface area contributed by atoms with Crippen LogP contribution in [0.5, 0.6) is 0 Å². The highest BCUT2D eigenvalue weighted by molar-refractivity contribution is 4.42. The van der Waals surface area contributed by atoms with Crippen molar-refractivity contribution in [3.05, 3.63) is 0 Å². The lowest BCUT2D eigenvalue weighted by Crippen LogP contribution is -2.09. The maximum Gasteiger partial charge on any atom is 0.0701 e. The van der Waals surface area contributed by atoms with Crippen LogP contribution in [-0.2, 0) is 23.7 Å². The molecule has 0 amide bonds. The lowest BCUT2D eigenvalue weighted by atomic mass is 10.3. The highest BCUT2D eigenvalue weighted by Crippen LogP contribution is 1.95. The first-order valence-electron chi connectivity index (χ1n) is 8.52. The van der Waals surface area contributed by atoms with Gasteiger partial charge in [-0.2, -0.15) is 0 Å². The fourth-order valence-corrected chi connectivity index (χ4v) is 1.69. The summed E-state index contributed by atoms with van der Waals surface area (Å²) in [5.41, 5.74) is 0. The SMILES string of the molecule is OCCOCCOCCCCOCCCCOCCOCCO. The summed E-state index contributed by atoms with van der Waals surface area (Å²) in [6.45, 7) is 6.05. The molecule has 23 heavy (non-hydrogen) atoms. The Labute approximate surface area is 139 Å². The van der Waals surface area contributed by atoms with Crippen molar-refractivity contribution in [1.82, 2.24) is 0 Å². The summed E-state index contributed by atoms with van der Waals surface area (Å²) in [6, 6.07) is 0. The van der Waals surface area contributed by atoms with Crippen molar-refractivity contribution in [1.29, 1.82) is 0 Å². The third-order valence-electron chi connectivity index (χ3n) is 2.87. The summed E-state index contributed by atoms with van der Waals surface area (Å²) >= 11 is 0. The van der Waals surface area contributed by atoms with Crippen molar-refractivity contribution in [3.8, 4) is 0 Å². The van der Waals surface area contributed by atoms with E-state index in [1.54, 1.807) is 0 Å². The van der Waals surface area contributed by atoms with Crippen molar-refractivity contribution in [2.45, 2.75) is 25.7 Å². The molecule has 0 aromatic heterocycles. The normalized spacial score (nSPS) is 11.2. The van der Waals surface area contributed by atoms with Crippen molar-refractivity contribution in [2.24, 2.45) is 0 Å². The highest BCUT2D eigenvalue weighted by atomic mass is 16.5. The second-order valence-corrected chi connectivity index (χ2v) is 4.92. The fraction of sp³-hybridized carbons (Fsp3) is 1.00. The number of hydrogen-bond acceptors (Lipinski definition) is 7. The van der Waals surface area contributed by atoms with Crippen LogP contribution in [0, 0.1) is 0 Å². The molecule has 7 nitrogen and oxygen atoms in total. The molecule has 0 bridgehead atoms. The Balaban J connectivity index is 2.92. The van der Waals surface area contributed by atoms with Crippen LogP contribution < -0.4 is 0 Å². The van der Waals surface area contributed by atoms with E-state index in [0.717, 1.165) is 52.1 Å². The lowest BCUT2D eigenvalue weighted by molar-refractivity contribution is 0.0276. The van der Waals surface area contributed by atoms with E-state index in [0.29, 0.717) is 39.6 Å². The third-order valence-corrected chi connectivity index (χ3v) is 2.87. The van der Waals surface area contributed by atoms with Gasteiger partial charge in [-0.15, -0.1) is 0 Å². The maximum absolute atomic E-state index is 8.51. The van der Waals surface area contributed by atoms with Gasteiger partial charge in [-0.25, -0.2) is 0 Å². The third kappa shape index (κ3) is 21.7. The lowest BCUT2D eigenvalue weighted by Gasteiger charge is -2.07. The van der Waals surface area contributed by atoms with Gasteiger partial charge in [-0.3, -0.25) is 0 Å². The molecule has 140 valence electrons. The molecule has 0 aliphatic carbocycles. The second kappa shape index (κ2) is 21.7. The molecular formula is C16H34O7. The number of hydrogen-bond donors (Lipinski definition) is 2. The van der Waals surface area contributed by atoms with Crippen molar-refractivity contribution >= 4 is 0 Å². The van der Waals surface area contributed by atoms with Gasteiger partial charge in [-0.05, 0) is 25.7 Å². The zero-order valence-corrected chi connectivity index (χ0v) is 14.2. The first kappa shape index (κ1) is 22.7. The molecule has 0 aliphatic heterocycles. The van der Waals surface area contributed by atoms with Crippen LogP contribution in [0.2, 0.25) is 0 Å². The Bertz CT molecular complexity index is 185. The molecule has 0 saturated heterocycles. The van der Waals surface area contributed by atoms with Gasteiger partial charge in [0.1, 0.15) is 0 Å². The summed E-state index contributed by atoms with van der Waals surface area (Å²) in [6.07, 6.45) is 3.96. The summed E-state index contributed by atoms with van der Waals surface area (Å²) in [5, 5.41) is 17.0. The smallest absolute Gasteiger partial charge is 0.0701 e. The van der Waals surface area contributed by atoms with Gasteiger partial charge in [0.05, 0.1) is 52.9 Å². The Morgan fingerprint density at radius 1 is 0.348 bits per heavy atom. The van der Waals surface area contributed by atoms with E-state index in [4.69, 9.17) is 33.9 Å². The molecule has 0 atom stereocenters. The number of rotatable bonds is 20. The van der Waals surface area contributed by atoms with Gasteiger partial charge < -0.3 is 33.9 Å². The van der Waals surface area contributed by atoms with Gasteiger partial charge in [0.25, 0.3) is 0 Å². The Morgan fingerprint density at radius 2 is 0.609 bits per heavy atom. The standard InChI is InChI=1S/C16H34O7/c17-5-11-22-15-13-20-9-3-1-7-19-8-2-4-10-21-14-16-23-12-6-18/h17-18H,1-16H2. The predicted molar refractivity (Wildman–Crippen MR) is 86.7 cm³/mol. The van der Waals surface area contributed by atoms with Gasteiger partial charge in [-0.1, -0.05) is 0 Å². The van der Waals surface area contributed by atoms with Crippen molar-refractivity contribution in [2.75, 3.05) is 79.3 Å². The summed E-state index contributed by atoms with van der Waals surface area (Å²) in [5.74, 6) is 0. The molecule has 2 N–H and O–H groups in total. The Morgan fingerprint density at radius 3 is 0.913 bits per heavy atom. The van der Waals surface area contributed by atoms with Gasteiger partial charge in [0, 0.05) is 26.4 Å². The molecule has 0 aromatic rings. The molecule has 0 heterocycles. The zero-order chi connectivity index (χ0) is 16.8. The molecule has 0 saturated carbocycles. The number of aliphatic hydroxyl groups is 2. The second-order valence-electron chi connectivity index (χ2n) is 4.92. The first-order chi connectivity index (χ1) is 11.4. The van der Waals surface area contributed by atoms with Crippen LogP contribution in [-0.4, -0.2) is 89.5 Å². The summed E-state index contributed by atoms with van der Waals surface area (Å²) in [4.78, 5) is 0. The van der Waals surface area contributed by atoms with E-state index in [1.165, 1.54) is 0 Å². The molecule has 7 heteroatoms. The monoisotopic (exact) mass is 338 g/mol. The van der Waals surface area contributed by atoms with E-state index in [-0.39, 0.29) is 13.2 Å². The van der Waals surface area contributed by atoms with E-state index in [2.05, 4.69) is 0 Å². The Hall–Kier alpha value is -0.280. The zero-order valence-electron chi connectivity index (χ0n) is 14.2. The quantitative estimate of drug-likeness (QED) is 0.315. The minimum Gasteiger partial charge on any atom is -0.394 e. The van der Waals surface area contributed by atoms with Crippen LogP contribution in [0.4, 0.5) is 0 Å². The average molecular weight is 338 g/mol. The predicted octanol–water partition coefficient (Wildman–Crippen LogP) is 0.614. The fourth-order valence-electron chi connectivity index (χ4n) is 1.69. The van der Waals surface area contributed by atoms with Crippen LogP contribution in [0.1, 0.15) is 25.7 Å². The summed E-state index contributed by atoms with van der Waals surface area (Å²) < 4.78 is 26.5. The van der Waals surface area contributed by atoms with E-state index in [9.17, 15) is 0 Å². The molecule has 0 radical (unpaired) electrons. The van der Waals surface area contributed by atoms with Gasteiger partial charge in [0.2, 0.25) is 0 Å². The molecular weight excluding hydrogens is 304 g/mol. The Kier molecular flexibility index (Phi) is 21.5. The minimum atomic E-state index is 0.0580. The van der Waals surface area contributed by atoms with Crippen LogP contribution in [0.3, 0.4) is 0 Å². The molecule has 0 aliphatic rings. The molecule has 0 rings (SSSR count). The van der Waals surface area contributed by atoms with Gasteiger partial charge in [0.15, 0.2) is 0 Å². The molecule has 0 spiro atoms. The van der Waals surface area contributed by atoms with Crippen molar-refractivity contribution < 1.29 is 33.9 Å².